The van der Waals surface area contributed by atoms with Crippen molar-refractivity contribution in [2.45, 2.75) is 17.8 Å². The molecule has 0 amide bonds. The number of nitrogens with two attached hydrogens (primary N) is 1. The van der Waals surface area contributed by atoms with Crippen LogP contribution in [0.15, 0.2) is 29.7 Å². The molecule has 160 valence electrons. The molecule has 1 saturated heterocycles. The van der Waals surface area contributed by atoms with Crippen molar-refractivity contribution < 1.29 is 17.9 Å². The fourth-order valence-electron chi connectivity index (χ4n) is 3.37. The topological polar surface area (TPSA) is 125 Å². The van der Waals surface area contributed by atoms with Crippen molar-refractivity contribution in [2.75, 3.05) is 43.5 Å². The predicted molar refractivity (Wildman–Crippen MR) is 112 cm³/mol. The zero-order valence-electron chi connectivity index (χ0n) is 16.9. The summed E-state index contributed by atoms with van der Waals surface area (Å²) < 4.78 is 38.8. The third-order valence-electron chi connectivity index (χ3n) is 4.84. The Bertz CT molecular complexity index is 1170. The van der Waals surface area contributed by atoms with E-state index >= 15 is 0 Å². The Labute approximate surface area is 174 Å². The number of hydrogen-bond acceptors (Lipinski definition) is 9. The second kappa shape index (κ2) is 8.07. The molecule has 30 heavy (non-hydrogen) atoms. The minimum Gasteiger partial charge on any atom is -0.492 e. The number of benzene rings is 1. The van der Waals surface area contributed by atoms with Crippen LogP contribution in [0.25, 0.3) is 11.2 Å². The van der Waals surface area contributed by atoms with Crippen molar-refractivity contribution >= 4 is 32.5 Å². The Hall–Kier alpha value is -2.92. The molecule has 0 unspecified atom stereocenters. The number of ether oxygens (including phenoxy) is 2. The summed E-state index contributed by atoms with van der Waals surface area (Å²) in [5.74, 6) is 0.768. The monoisotopic (exact) mass is 432 g/mol. The third-order valence-corrected chi connectivity index (χ3v) is 6.29. The van der Waals surface area contributed by atoms with Crippen molar-refractivity contribution in [3.05, 3.63) is 30.1 Å². The fourth-order valence-corrected chi connectivity index (χ4v) is 4.56. The lowest BCUT2D eigenvalue weighted by Crippen LogP contribution is -2.37. The SMILES string of the molecule is CCOc1ccc(CS(=O)(=O)c2nc(N3CCOCC3)c3ncn(C)c3n2)cc1N. The van der Waals surface area contributed by atoms with E-state index in [1.807, 2.05) is 11.8 Å². The van der Waals surface area contributed by atoms with Crippen LogP contribution in [-0.4, -0.2) is 60.8 Å². The molecule has 3 heterocycles. The molecular weight excluding hydrogens is 408 g/mol. The molecule has 0 aliphatic carbocycles. The van der Waals surface area contributed by atoms with Crippen molar-refractivity contribution in [1.82, 2.24) is 19.5 Å². The minimum atomic E-state index is -3.82. The molecular formula is C19H24N6O4S. The maximum absolute atomic E-state index is 13.2. The lowest BCUT2D eigenvalue weighted by atomic mass is 10.2. The Morgan fingerprint density at radius 3 is 2.70 bits per heavy atom. The molecule has 2 aromatic heterocycles. The van der Waals surface area contributed by atoms with Gasteiger partial charge in [0.1, 0.15) is 5.75 Å². The molecule has 0 radical (unpaired) electrons. The molecule has 4 rings (SSSR count). The van der Waals surface area contributed by atoms with Crippen LogP contribution in [-0.2, 0) is 27.4 Å². The molecule has 3 aromatic rings. The number of aromatic nitrogens is 4. The standard InChI is InChI=1S/C19H24N6O4S/c1-3-29-15-5-4-13(10-14(15)20)11-30(26,27)19-22-17-16(21-12-24(17)2)18(23-19)25-6-8-28-9-7-25/h4-5,10,12H,3,6-9,11,20H2,1-2H3. The van der Waals surface area contributed by atoms with Crippen LogP contribution < -0.4 is 15.4 Å². The number of aryl methyl sites for hydroxylation is 1. The van der Waals surface area contributed by atoms with Gasteiger partial charge in [0.2, 0.25) is 9.84 Å². The number of imidazole rings is 1. The van der Waals surface area contributed by atoms with Gasteiger partial charge < -0.3 is 24.7 Å². The second-order valence-electron chi connectivity index (χ2n) is 7.02. The normalized spacial score (nSPS) is 14.9. The zero-order chi connectivity index (χ0) is 21.3. The number of hydrogen-bond donors (Lipinski definition) is 1. The summed E-state index contributed by atoms with van der Waals surface area (Å²) in [5, 5.41) is -0.229. The average molecular weight is 433 g/mol. The summed E-state index contributed by atoms with van der Waals surface area (Å²) in [4.78, 5) is 15.1. The fraction of sp³-hybridized carbons (Fsp3) is 0.421. The number of nitrogen functional groups attached to an aromatic ring is 1. The van der Waals surface area contributed by atoms with E-state index in [1.165, 1.54) is 0 Å². The van der Waals surface area contributed by atoms with Crippen molar-refractivity contribution in [1.29, 1.82) is 0 Å². The highest BCUT2D eigenvalue weighted by molar-refractivity contribution is 7.90. The highest BCUT2D eigenvalue weighted by Gasteiger charge is 2.26. The summed E-state index contributed by atoms with van der Waals surface area (Å²) >= 11 is 0. The number of nitrogens with zero attached hydrogens (tertiary/aromatic N) is 5. The summed E-state index contributed by atoms with van der Waals surface area (Å²) in [6, 6.07) is 4.96. The molecule has 0 bridgehead atoms. The van der Waals surface area contributed by atoms with E-state index in [4.69, 9.17) is 15.2 Å². The molecule has 1 aliphatic heterocycles. The van der Waals surface area contributed by atoms with Crippen LogP contribution in [0.2, 0.25) is 0 Å². The van der Waals surface area contributed by atoms with Gasteiger partial charge in [-0.1, -0.05) is 6.07 Å². The molecule has 0 saturated carbocycles. The molecule has 0 spiro atoms. The van der Waals surface area contributed by atoms with Gasteiger partial charge in [-0.25, -0.2) is 13.4 Å². The minimum absolute atomic E-state index is 0.229. The average Bonchev–Trinajstić information content (AvgIpc) is 3.11. The Balaban J connectivity index is 1.72. The van der Waals surface area contributed by atoms with Crippen molar-refractivity contribution in [3.8, 4) is 5.75 Å². The van der Waals surface area contributed by atoms with Crippen LogP contribution >= 0.6 is 0 Å². The van der Waals surface area contributed by atoms with Gasteiger partial charge in [-0.05, 0) is 24.6 Å². The Kier molecular flexibility index (Phi) is 5.48. The van der Waals surface area contributed by atoms with E-state index in [0.717, 1.165) is 0 Å². The van der Waals surface area contributed by atoms with Gasteiger partial charge in [-0.3, -0.25) is 0 Å². The van der Waals surface area contributed by atoms with E-state index in [0.29, 0.717) is 66.9 Å². The van der Waals surface area contributed by atoms with Crippen molar-refractivity contribution in [2.24, 2.45) is 7.05 Å². The summed E-state index contributed by atoms with van der Waals surface area (Å²) in [7, 11) is -2.05. The van der Waals surface area contributed by atoms with Gasteiger partial charge in [0.15, 0.2) is 17.0 Å². The van der Waals surface area contributed by atoms with E-state index in [2.05, 4.69) is 15.0 Å². The molecule has 1 aromatic carbocycles. The van der Waals surface area contributed by atoms with Crippen LogP contribution in [0.3, 0.4) is 0 Å². The molecule has 11 heteroatoms. The van der Waals surface area contributed by atoms with E-state index in [9.17, 15) is 8.42 Å². The zero-order valence-corrected chi connectivity index (χ0v) is 17.7. The van der Waals surface area contributed by atoms with Crippen LogP contribution in [0.5, 0.6) is 5.75 Å². The third kappa shape index (κ3) is 3.90. The quantitative estimate of drug-likeness (QED) is 0.451. The molecule has 2 N–H and O–H groups in total. The summed E-state index contributed by atoms with van der Waals surface area (Å²) in [6.07, 6.45) is 1.60. The number of sulfone groups is 1. The molecule has 1 aliphatic rings. The first-order valence-corrected chi connectivity index (χ1v) is 11.3. The Morgan fingerprint density at radius 1 is 1.23 bits per heavy atom. The number of fused-ring (bicyclic) bond motifs is 1. The van der Waals surface area contributed by atoms with Crippen molar-refractivity contribution in [3.63, 3.8) is 0 Å². The van der Waals surface area contributed by atoms with E-state index in [-0.39, 0.29) is 10.9 Å². The number of morpholine rings is 1. The lowest BCUT2D eigenvalue weighted by molar-refractivity contribution is 0.122. The predicted octanol–water partition coefficient (Wildman–Crippen LogP) is 1.15. The van der Waals surface area contributed by atoms with Crippen LogP contribution in [0.4, 0.5) is 11.5 Å². The highest BCUT2D eigenvalue weighted by atomic mass is 32.2. The first kappa shape index (κ1) is 20.4. The van der Waals surface area contributed by atoms with Crippen LogP contribution in [0.1, 0.15) is 12.5 Å². The first-order valence-electron chi connectivity index (χ1n) is 9.64. The highest BCUT2D eigenvalue weighted by Crippen LogP contribution is 2.27. The van der Waals surface area contributed by atoms with Gasteiger partial charge in [-0.2, -0.15) is 9.97 Å². The van der Waals surface area contributed by atoms with Gasteiger partial charge in [-0.15, -0.1) is 0 Å². The smallest absolute Gasteiger partial charge is 0.251 e. The number of anilines is 2. The van der Waals surface area contributed by atoms with E-state index < -0.39 is 9.84 Å². The van der Waals surface area contributed by atoms with Crippen LogP contribution in [0, 0.1) is 0 Å². The Morgan fingerprint density at radius 2 is 2.00 bits per heavy atom. The molecule has 0 atom stereocenters. The second-order valence-corrected chi connectivity index (χ2v) is 8.90. The molecule has 1 fully saturated rings. The lowest BCUT2D eigenvalue weighted by Gasteiger charge is -2.28. The number of rotatable bonds is 6. The maximum atomic E-state index is 13.2. The maximum Gasteiger partial charge on any atom is 0.251 e. The molecule has 10 nitrogen and oxygen atoms in total. The van der Waals surface area contributed by atoms with Gasteiger partial charge in [0.25, 0.3) is 5.16 Å². The summed E-state index contributed by atoms with van der Waals surface area (Å²) in [6.45, 7) is 4.65. The largest absolute Gasteiger partial charge is 0.492 e. The summed E-state index contributed by atoms with van der Waals surface area (Å²) in [5.41, 5.74) is 7.96. The first-order chi connectivity index (χ1) is 14.4. The van der Waals surface area contributed by atoms with Gasteiger partial charge in [0, 0.05) is 20.1 Å². The van der Waals surface area contributed by atoms with E-state index in [1.54, 1.807) is 36.1 Å². The van der Waals surface area contributed by atoms with Gasteiger partial charge >= 0.3 is 0 Å². The van der Waals surface area contributed by atoms with Gasteiger partial charge in [0.05, 0.1) is 37.6 Å².